The highest BCUT2D eigenvalue weighted by Crippen LogP contribution is 2.16. The molecule has 0 aromatic carbocycles. The molecule has 16 heavy (non-hydrogen) atoms. The van der Waals surface area contributed by atoms with E-state index < -0.39 is 5.60 Å². The van der Waals surface area contributed by atoms with Crippen LogP contribution < -0.4 is 5.32 Å². The SMILES string of the molecule is COC(C)(C)CC(=O)N1CCNCC1C#N. The van der Waals surface area contributed by atoms with Gasteiger partial charge in [-0.3, -0.25) is 4.79 Å². The smallest absolute Gasteiger partial charge is 0.226 e. The van der Waals surface area contributed by atoms with Crippen molar-refractivity contribution in [1.82, 2.24) is 10.2 Å². The summed E-state index contributed by atoms with van der Waals surface area (Å²) in [5.41, 5.74) is -0.470. The Kier molecular flexibility index (Phi) is 4.27. The fourth-order valence-corrected chi connectivity index (χ4v) is 1.66. The number of rotatable bonds is 3. The molecule has 1 amide bonds. The van der Waals surface area contributed by atoms with Gasteiger partial charge >= 0.3 is 0 Å². The summed E-state index contributed by atoms with van der Waals surface area (Å²) < 4.78 is 5.22. The average molecular weight is 225 g/mol. The Bertz CT molecular complexity index is 296. The summed E-state index contributed by atoms with van der Waals surface area (Å²) in [7, 11) is 1.59. The molecule has 1 atom stereocenters. The minimum atomic E-state index is -0.470. The van der Waals surface area contributed by atoms with Gasteiger partial charge in [0.15, 0.2) is 0 Å². The second kappa shape index (κ2) is 5.28. The average Bonchev–Trinajstić information content (AvgIpc) is 2.28. The standard InChI is InChI=1S/C11H19N3O2/c1-11(2,16-3)6-10(15)14-5-4-13-8-9(14)7-12/h9,13H,4-6,8H2,1-3H3. The van der Waals surface area contributed by atoms with Gasteiger partial charge in [-0.05, 0) is 13.8 Å². The van der Waals surface area contributed by atoms with E-state index in [0.29, 0.717) is 19.5 Å². The van der Waals surface area contributed by atoms with E-state index in [0.717, 1.165) is 6.54 Å². The Morgan fingerprint density at radius 2 is 2.38 bits per heavy atom. The van der Waals surface area contributed by atoms with Gasteiger partial charge in [0.1, 0.15) is 6.04 Å². The topological polar surface area (TPSA) is 65.4 Å². The maximum Gasteiger partial charge on any atom is 0.226 e. The van der Waals surface area contributed by atoms with Crippen molar-refractivity contribution < 1.29 is 9.53 Å². The predicted octanol–water partition coefficient (Wildman–Crippen LogP) is 0.125. The van der Waals surface area contributed by atoms with Gasteiger partial charge in [0.25, 0.3) is 0 Å². The van der Waals surface area contributed by atoms with E-state index in [2.05, 4.69) is 11.4 Å². The van der Waals surface area contributed by atoms with Crippen LogP contribution in [0.25, 0.3) is 0 Å². The molecule has 5 heteroatoms. The van der Waals surface area contributed by atoms with Crippen molar-refractivity contribution in [2.75, 3.05) is 26.7 Å². The van der Waals surface area contributed by atoms with Gasteiger partial charge < -0.3 is 15.0 Å². The van der Waals surface area contributed by atoms with Gasteiger partial charge in [-0.2, -0.15) is 5.26 Å². The minimum absolute atomic E-state index is 0.0140. The monoisotopic (exact) mass is 225 g/mol. The maximum absolute atomic E-state index is 12.0. The number of carbonyl (C=O) groups excluding carboxylic acids is 1. The van der Waals surface area contributed by atoms with Crippen LogP contribution in [0.4, 0.5) is 0 Å². The number of carbonyl (C=O) groups is 1. The molecule has 1 saturated heterocycles. The zero-order valence-electron chi connectivity index (χ0n) is 10.1. The highest BCUT2D eigenvalue weighted by molar-refractivity contribution is 5.78. The van der Waals surface area contributed by atoms with Crippen molar-refractivity contribution in [3.8, 4) is 6.07 Å². The minimum Gasteiger partial charge on any atom is -0.378 e. The Balaban J connectivity index is 2.62. The van der Waals surface area contributed by atoms with E-state index in [-0.39, 0.29) is 11.9 Å². The molecule has 0 radical (unpaired) electrons. The lowest BCUT2D eigenvalue weighted by Crippen LogP contribution is -2.54. The molecule has 0 aromatic heterocycles. The largest absolute Gasteiger partial charge is 0.378 e. The predicted molar refractivity (Wildman–Crippen MR) is 59.7 cm³/mol. The number of nitrogens with zero attached hydrogens (tertiary/aromatic N) is 2. The number of hydrogen-bond acceptors (Lipinski definition) is 4. The molecule has 0 aliphatic carbocycles. The Morgan fingerprint density at radius 3 is 2.94 bits per heavy atom. The third-order valence-corrected chi connectivity index (χ3v) is 2.84. The number of methoxy groups -OCH3 is 1. The number of amides is 1. The highest BCUT2D eigenvalue weighted by atomic mass is 16.5. The molecule has 0 spiro atoms. The van der Waals surface area contributed by atoms with Crippen LogP contribution >= 0.6 is 0 Å². The number of nitrogens with one attached hydrogen (secondary N) is 1. The number of hydrogen-bond donors (Lipinski definition) is 1. The highest BCUT2D eigenvalue weighted by Gasteiger charge is 2.30. The molecule has 1 N–H and O–H groups in total. The molecule has 90 valence electrons. The van der Waals surface area contributed by atoms with Crippen molar-refractivity contribution in [2.24, 2.45) is 0 Å². The molecule has 1 rings (SSSR count). The van der Waals surface area contributed by atoms with Crippen LogP contribution in [0.5, 0.6) is 0 Å². The Labute approximate surface area is 96.4 Å². The van der Waals surface area contributed by atoms with Gasteiger partial charge in [0, 0.05) is 26.7 Å². The van der Waals surface area contributed by atoms with Crippen molar-refractivity contribution >= 4 is 5.91 Å². The van der Waals surface area contributed by atoms with Crippen molar-refractivity contribution in [3.63, 3.8) is 0 Å². The van der Waals surface area contributed by atoms with Gasteiger partial charge in [-0.15, -0.1) is 0 Å². The number of nitriles is 1. The second-order valence-corrected chi connectivity index (χ2v) is 4.58. The molecule has 1 unspecified atom stereocenters. The first kappa shape index (κ1) is 12.9. The third-order valence-electron chi connectivity index (χ3n) is 2.84. The summed E-state index contributed by atoms with van der Waals surface area (Å²) in [6.07, 6.45) is 0.307. The summed E-state index contributed by atoms with van der Waals surface area (Å²) in [6.45, 7) is 5.63. The zero-order chi connectivity index (χ0) is 12.2. The maximum atomic E-state index is 12.0. The van der Waals surface area contributed by atoms with E-state index in [1.807, 2.05) is 13.8 Å². The van der Waals surface area contributed by atoms with Crippen LogP contribution in [0.2, 0.25) is 0 Å². The first-order valence-corrected chi connectivity index (χ1v) is 5.45. The molecular weight excluding hydrogens is 206 g/mol. The van der Waals surface area contributed by atoms with Gasteiger partial charge in [-0.1, -0.05) is 0 Å². The molecule has 0 bridgehead atoms. The second-order valence-electron chi connectivity index (χ2n) is 4.58. The quantitative estimate of drug-likeness (QED) is 0.741. The number of ether oxygens (including phenoxy) is 1. The van der Waals surface area contributed by atoms with Crippen LogP contribution in [0.1, 0.15) is 20.3 Å². The Morgan fingerprint density at radius 1 is 1.69 bits per heavy atom. The van der Waals surface area contributed by atoms with Crippen LogP contribution in [-0.2, 0) is 9.53 Å². The third kappa shape index (κ3) is 3.19. The van der Waals surface area contributed by atoms with Gasteiger partial charge in [0.05, 0.1) is 18.1 Å². The van der Waals surface area contributed by atoms with Crippen molar-refractivity contribution in [2.45, 2.75) is 31.9 Å². The molecule has 1 aliphatic heterocycles. The normalized spacial score (nSPS) is 21.6. The molecule has 5 nitrogen and oxygen atoms in total. The van der Waals surface area contributed by atoms with Gasteiger partial charge in [-0.25, -0.2) is 0 Å². The van der Waals surface area contributed by atoms with E-state index >= 15 is 0 Å². The van der Waals surface area contributed by atoms with Crippen molar-refractivity contribution in [3.05, 3.63) is 0 Å². The van der Waals surface area contributed by atoms with Crippen LogP contribution in [0.15, 0.2) is 0 Å². The summed E-state index contributed by atoms with van der Waals surface area (Å²) in [5.74, 6) is -0.0140. The molecule has 0 saturated carbocycles. The van der Waals surface area contributed by atoms with E-state index in [1.165, 1.54) is 0 Å². The molecule has 1 fully saturated rings. The van der Waals surface area contributed by atoms with Crippen LogP contribution in [0.3, 0.4) is 0 Å². The lowest BCUT2D eigenvalue weighted by Gasteiger charge is -2.34. The lowest BCUT2D eigenvalue weighted by atomic mass is 10.0. The Hall–Kier alpha value is -1.12. The molecule has 0 aromatic rings. The van der Waals surface area contributed by atoms with E-state index in [1.54, 1.807) is 12.0 Å². The van der Waals surface area contributed by atoms with Crippen molar-refractivity contribution in [1.29, 1.82) is 5.26 Å². The van der Waals surface area contributed by atoms with Crippen LogP contribution in [0, 0.1) is 11.3 Å². The molecule has 1 heterocycles. The number of piperazine rings is 1. The first-order chi connectivity index (χ1) is 7.50. The summed E-state index contributed by atoms with van der Waals surface area (Å²) in [5, 5.41) is 12.1. The zero-order valence-corrected chi connectivity index (χ0v) is 10.1. The molecule has 1 aliphatic rings. The van der Waals surface area contributed by atoms with E-state index in [9.17, 15) is 4.79 Å². The summed E-state index contributed by atoms with van der Waals surface area (Å²) in [4.78, 5) is 13.6. The fraction of sp³-hybridized carbons (Fsp3) is 0.818. The summed E-state index contributed by atoms with van der Waals surface area (Å²) in [6, 6.07) is 1.79. The van der Waals surface area contributed by atoms with E-state index in [4.69, 9.17) is 10.00 Å². The first-order valence-electron chi connectivity index (χ1n) is 5.45. The van der Waals surface area contributed by atoms with Gasteiger partial charge in [0.2, 0.25) is 5.91 Å². The summed E-state index contributed by atoms with van der Waals surface area (Å²) >= 11 is 0. The lowest BCUT2D eigenvalue weighted by molar-refractivity contribution is -0.138. The fourth-order valence-electron chi connectivity index (χ4n) is 1.66. The van der Waals surface area contributed by atoms with Crippen LogP contribution in [-0.4, -0.2) is 49.2 Å². The molecular formula is C11H19N3O2.